The lowest BCUT2D eigenvalue weighted by Crippen LogP contribution is -2.29. The molecule has 0 aliphatic carbocycles. The number of hydrogen-bond donors (Lipinski definition) is 1. The van der Waals surface area contributed by atoms with Gasteiger partial charge < -0.3 is 9.84 Å². The van der Waals surface area contributed by atoms with Gasteiger partial charge in [-0.05, 0) is 24.1 Å². The zero-order valence-corrected chi connectivity index (χ0v) is 10.8. The van der Waals surface area contributed by atoms with Crippen molar-refractivity contribution in [1.82, 2.24) is 4.98 Å². The van der Waals surface area contributed by atoms with Crippen molar-refractivity contribution in [3.63, 3.8) is 0 Å². The average molecular weight is 245 g/mol. The van der Waals surface area contributed by atoms with Gasteiger partial charge in [0.1, 0.15) is 0 Å². The fourth-order valence-electron chi connectivity index (χ4n) is 2.29. The summed E-state index contributed by atoms with van der Waals surface area (Å²) >= 11 is 0. The van der Waals surface area contributed by atoms with Crippen molar-refractivity contribution < 1.29 is 9.84 Å². The number of fused-ring (bicyclic) bond motifs is 1. The second kappa shape index (κ2) is 5.94. The second-order valence-corrected chi connectivity index (χ2v) is 4.44. The van der Waals surface area contributed by atoms with Gasteiger partial charge in [0.05, 0.1) is 17.7 Å². The summed E-state index contributed by atoms with van der Waals surface area (Å²) in [4.78, 5) is 4.32. The maximum absolute atomic E-state index is 10.2. The highest BCUT2D eigenvalue weighted by atomic mass is 16.5. The Morgan fingerprint density at radius 2 is 2.06 bits per heavy atom. The minimum atomic E-state index is -0.481. The van der Waals surface area contributed by atoms with Gasteiger partial charge in [0.2, 0.25) is 0 Å². The Hall–Kier alpha value is -1.45. The first kappa shape index (κ1) is 13.0. The van der Waals surface area contributed by atoms with Gasteiger partial charge in [-0.2, -0.15) is 0 Å². The van der Waals surface area contributed by atoms with Crippen LogP contribution < -0.4 is 0 Å². The minimum Gasteiger partial charge on any atom is -0.390 e. The quantitative estimate of drug-likeness (QED) is 0.880. The van der Waals surface area contributed by atoms with E-state index < -0.39 is 6.10 Å². The van der Waals surface area contributed by atoms with Gasteiger partial charge in [-0.3, -0.25) is 4.98 Å². The van der Waals surface area contributed by atoms with Crippen LogP contribution in [0.15, 0.2) is 36.5 Å². The van der Waals surface area contributed by atoms with Crippen LogP contribution in [0.3, 0.4) is 0 Å². The van der Waals surface area contributed by atoms with Gasteiger partial charge in [-0.15, -0.1) is 0 Å². The Balaban J connectivity index is 2.26. The fourth-order valence-corrected chi connectivity index (χ4v) is 2.29. The van der Waals surface area contributed by atoms with E-state index in [0.717, 1.165) is 22.9 Å². The van der Waals surface area contributed by atoms with E-state index in [0.29, 0.717) is 6.42 Å². The van der Waals surface area contributed by atoms with E-state index in [-0.39, 0.29) is 6.10 Å². The van der Waals surface area contributed by atoms with Crippen LogP contribution in [-0.4, -0.2) is 29.4 Å². The van der Waals surface area contributed by atoms with E-state index in [1.807, 2.05) is 37.3 Å². The van der Waals surface area contributed by atoms with Crippen molar-refractivity contribution in [2.45, 2.75) is 32.0 Å². The molecule has 0 fully saturated rings. The monoisotopic (exact) mass is 245 g/mol. The summed E-state index contributed by atoms with van der Waals surface area (Å²) in [6.07, 6.45) is 2.59. The van der Waals surface area contributed by atoms with Crippen LogP contribution in [0.1, 0.15) is 18.9 Å². The Kier molecular flexibility index (Phi) is 4.28. The molecule has 0 saturated heterocycles. The van der Waals surface area contributed by atoms with E-state index in [1.165, 1.54) is 0 Å². The molecule has 0 saturated carbocycles. The van der Waals surface area contributed by atoms with Gasteiger partial charge in [0, 0.05) is 25.1 Å². The molecule has 2 unspecified atom stereocenters. The second-order valence-electron chi connectivity index (χ2n) is 4.44. The average Bonchev–Trinajstić information content (AvgIpc) is 2.40. The van der Waals surface area contributed by atoms with Crippen molar-refractivity contribution in [2.24, 2.45) is 0 Å². The van der Waals surface area contributed by atoms with Crippen molar-refractivity contribution in [3.05, 3.63) is 42.1 Å². The highest BCUT2D eigenvalue weighted by molar-refractivity contribution is 5.81. The number of methoxy groups -OCH3 is 1. The highest BCUT2D eigenvalue weighted by Gasteiger charge is 2.18. The molecule has 3 nitrogen and oxygen atoms in total. The standard InChI is InChI=1S/C15H19NO2/c1-3-15(18-2)14(17)10-11-8-9-16-13-7-5-4-6-12(11)13/h4-9,14-15,17H,3,10H2,1-2H3. The van der Waals surface area contributed by atoms with Crippen molar-refractivity contribution in [2.75, 3.05) is 7.11 Å². The summed E-state index contributed by atoms with van der Waals surface area (Å²) in [6.45, 7) is 2.02. The van der Waals surface area contributed by atoms with E-state index in [2.05, 4.69) is 4.98 Å². The molecule has 0 aliphatic rings. The van der Waals surface area contributed by atoms with Gasteiger partial charge in [-0.1, -0.05) is 25.1 Å². The largest absolute Gasteiger partial charge is 0.390 e. The number of pyridine rings is 1. The highest BCUT2D eigenvalue weighted by Crippen LogP contribution is 2.19. The molecular weight excluding hydrogens is 226 g/mol. The molecule has 0 radical (unpaired) electrons. The number of para-hydroxylation sites is 1. The van der Waals surface area contributed by atoms with Crippen molar-refractivity contribution >= 4 is 10.9 Å². The predicted octanol–water partition coefficient (Wildman–Crippen LogP) is 2.56. The molecule has 1 aromatic heterocycles. The van der Waals surface area contributed by atoms with Crippen molar-refractivity contribution in [3.8, 4) is 0 Å². The molecule has 0 spiro atoms. The first-order valence-electron chi connectivity index (χ1n) is 6.29. The summed E-state index contributed by atoms with van der Waals surface area (Å²) in [5.74, 6) is 0. The molecule has 0 bridgehead atoms. The third-order valence-corrected chi connectivity index (χ3v) is 3.30. The summed E-state index contributed by atoms with van der Waals surface area (Å²) in [5, 5.41) is 11.3. The molecule has 2 atom stereocenters. The van der Waals surface area contributed by atoms with E-state index in [9.17, 15) is 5.11 Å². The number of nitrogens with zero attached hydrogens (tertiary/aromatic N) is 1. The number of hydrogen-bond acceptors (Lipinski definition) is 3. The Morgan fingerprint density at radius 3 is 2.78 bits per heavy atom. The number of aliphatic hydroxyl groups is 1. The molecule has 1 aromatic carbocycles. The Labute approximate surface area is 107 Å². The molecular formula is C15H19NO2. The molecule has 96 valence electrons. The molecule has 3 heteroatoms. The van der Waals surface area contributed by atoms with Crippen LogP contribution in [-0.2, 0) is 11.2 Å². The molecule has 1 N–H and O–H groups in total. The van der Waals surface area contributed by atoms with E-state index >= 15 is 0 Å². The van der Waals surface area contributed by atoms with Crippen LogP contribution in [0.25, 0.3) is 10.9 Å². The van der Waals surface area contributed by atoms with Gasteiger partial charge in [0.25, 0.3) is 0 Å². The third-order valence-electron chi connectivity index (χ3n) is 3.30. The van der Waals surface area contributed by atoms with Crippen LogP contribution in [0, 0.1) is 0 Å². The number of benzene rings is 1. The zero-order chi connectivity index (χ0) is 13.0. The Morgan fingerprint density at radius 1 is 1.28 bits per heavy atom. The molecule has 0 aliphatic heterocycles. The van der Waals surface area contributed by atoms with E-state index in [4.69, 9.17) is 4.74 Å². The van der Waals surface area contributed by atoms with Crippen LogP contribution in [0.4, 0.5) is 0 Å². The normalized spacial score (nSPS) is 14.6. The molecule has 2 rings (SSSR count). The summed E-state index contributed by atoms with van der Waals surface area (Å²) in [5.41, 5.74) is 2.08. The maximum Gasteiger partial charge on any atom is 0.0842 e. The van der Waals surface area contributed by atoms with Gasteiger partial charge >= 0.3 is 0 Å². The summed E-state index contributed by atoms with van der Waals surface area (Å²) in [6, 6.07) is 9.96. The lowest BCUT2D eigenvalue weighted by molar-refractivity contribution is -0.0127. The number of ether oxygens (including phenoxy) is 1. The zero-order valence-electron chi connectivity index (χ0n) is 10.8. The smallest absolute Gasteiger partial charge is 0.0842 e. The van der Waals surface area contributed by atoms with E-state index in [1.54, 1.807) is 13.3 Å². The SMILES string of the molecule is CCC(OC)C(O)Cc1ccnc2ccccc12. The minimum absolute atomic E-state index is 0.114. The number of rotatable bonds is 5. The summed E-state index contributed by atoms with van der Waals surface area (Å²) in [7, 11) is 1.64. The number of aliphatic hydroxyl groups excluding tert-OH is 1. The first-order chi connectivity index (χ1) is 8.76. The van der Waals surface area contributed by atoms with Crippen LogP contribution >= 0.6 is 0 Å². The van der Waals surface area contributed by atoms with Gasteiger partial charge in [-0.25, -0.2) is 0 Å². The molecule has 2 aromatic rings. The van der Waals surface area contributed by atoms with Crippen molar-refractivity contribution in [1.29, 1.82) is 0 Å². The van der Waals surface area contributed by atoms with Crippen LogP contribution in [0.5, 0.6) is 0 Å². The third kappa shape index (κ3) is 2.68. The molecule has 18 heavy (non-hydrogen) atoms. The topological polar surface area (TPSA) is 42.4 Å². The fraction of sp³-hybridized carbons (Fsp3) is 0.400. The lowest BCUT2D eigenvalue weighted by atomic mass is 9.99. The first-order valence-corrected chi connectivity index (χ1v) is 6.29. The lowest BCUT2D eigenvalue weighted by Gasteiger charge is -2.20. The maximum atomic E-state index is 10.2. The number of aromatic nitrogens is 1. The van der Waals surface area contributed by atoms with Gasteiger partial charge in [0.15, 0.2) is 0 Å². The molecule has 1 heterocycles. The Bertz CT molecular complexity index is 503. The van der Waals surface area contributed by atoms with Crippen LogP contribution in [0.2, 0.25) is 0 Å². The summed E-state index contributed by atoms with van der Waals surface area (Å²) < 4.78 is 5.28. The predicted molar refractivity (Wildman–Crippen MR) is 72.5 cm³/mol. The molecule has 0 amide bonds.